The maximum Gasteiger partial charge on any atom is 0.306 e. The Bertz CT molecular complexity index is 1360. The molecule has 0 radical (unpaired) electrons. The molecule has 1 atom stereocenters. The van der Waals surface area contributed by atoms with Crippen LogP contribution in [0.25, 0.3) is 0 Å². The fourth-order valence-electron chi connectivity index (χ4n) is 6.77. The Hall–Kier alpha value is -3.93. The molecule has 0 aromatic heterocycles. The summed E-state index contributed by atoms with van der Waals surface area (Å²) in [5, 5.41) is 0. The van der Waals surface area contributed by atoms with Gasteiger partial charge in [0.15, 0.2) is 6.10 Å². The fraction of sp³-hybridized carbons (Fsp3) is 0.644. The van der Waals surface area contributed by atoms with E-state index >= 15 is 0 Å². The van der Waals surface area contributed by atoms with Crippen LogP contribution in [0.5, 0.6) is 0 Å². The van der Waals surface area contributed by atoms with Crippen molar-refractivity contribution < 1.29 is 28.6 Å². The summed E-state index contributed by atoms with van der Waals surface area (Å²) in [6, 6.07) is 0. The van der Waals surface area contributed by atoms with E-state index < -0.39 is 6.10 Å². The number of hydrogen-bond donors (Lipinski definition) is 0. The van der Waals surface area contributed by atoms with Crippen LogP contribution in [0.15, 0.2) is 109 Å². The van der Waals surface area contributed by atoms with Crippen molar-refractivity contribution in [1.82, 2.24) is 0 Å². The molecule has 0 aliphatic heterocycles. The SMILES string of the molecule is CC/C=C\C/C=C\C/C=C\C/C=C\C/C=C\C/C=C\CCC(=O)OC[C@H](COC(=O)CCCCCCCCC/C=C\C/C=C\CCCCC)OC(=O)CCCCCCC/C=C\CCCC. The van der Waals surface area contributed by atoms with E-state index in [0.717, 1.165) is 103 Å². The number of carbonyl (C=O) groups excluding carboxylic acids is 3. The van der Waals surface area contributed by atoms with Crippen LogP contribution in [-0.4, -0.2) is 37.2 Å². The van der Waals surface area contributed by atoms with Crippen molar-refractivity contribution in [2.75, 3.05) is 13.2 Å². The highest BCUT2D eigenvalue weighted by Crippen LogP contribution is 2.13. The molecule has 0 unspecified atom stereocenters. The normalized spacial score (nSPS) is 13.0. The average molecular weight is 901 g/mol. The zero-order chi connectivity index (χ0) is 47.2. The van der Waals surface area contributed by atoms with Gasteiger partial charge in [0.25, 0.3) is 0 Å². The van der Waals surface area contributed by atoms with Crippen LogP contribution >= 0.6 is 0 Å². The molecular formula is C59H96O6. The molecule has 0 aromatic rings. The van der Waals surface area contributed by atoms with Gasteiger partial charge in [-0.2, -0.15) is 0 Å². The third-order valence-electron chi connectivity index (χ3n) is 10.7. The molecule has 368 valence electrons. The maximum atomic E-state index is 12.8. The second kappa shape index (κ2) is 52.7. The number of rotatable bonds is 46. The summed E-state index contributed by atoms with van der Waals surface area (Å²) in [7, 11) is 0. The van der Waals surface area contributed by atoms with Gasteiger partial charge in [0.05, 0.1) is 0 Å². The zero-order valence-corrected chi connectivity index (χ0v) is 42.0. The summed E-state index contributed by atoms with van der Waals surface area (Å²) in [4.78, 5) is 38.0. The molecule has 0 heterocycles. The minimum Gasteiger partial charge on any atom is -0.462 e. The number of ether oxygens (including phenoxy) is 3. The highest BCUT2D eigenvalue weighted by molar-refractivity contribution is 5.71. The number of esters is 3. The van der Waals surface area contributed by atoms with Gasteiger partial charge in [0, 0.05) is 19.3 Å². The molecule has 0 fully saturated rings. The number of carbonyl (C=O) groups is 3. The van der Waals surface area contributed by atoms with Crippen molar-refractivity contribution in [3.63, 3.8) is 0 Å². The van der Waals surface area contributed by atoms with Crippen LogP contribution in [0.1, 0.15) is 226 Å². The molecule has 0 aromatic carbocycles. The van der Waals surface area contributed by atoms with Gasteiger partial charge in [-0.1, -0.05) is 207 Å². The van der Waals surface area contributed by atoms with E-state index in [4.69, 9.17) is 14.2 Å². The van der Waals surface area contributed by atoms with E-state index in [2.05, 4.69) is 118 Å². The molecule has 0 rings (SSSR count). The van der Waals surface area contributed by atoms with E-state index in [1.807, 2.05) is 12.2 Å². The van der Waals surface area contributed by atoms with Gasteiger partial charge in [-0.25, -0.2) is 0 Å². The number of unbranched alkanes of at least 4 members (excludes halogenated alkanes) is 17. The fourth-order valence-corrected chi connectivity index (χ4v) is 6.77. The molecule has 6 nitrogen and oxygen atoms in total. The Morgan fingerprint density at radius 3 is 1.09 bits per heavy atom. The summed E-state index contributed by atoms with van der Waals surface area (Å²) >= 11 is 0. The predicted molar refractivity (Wildman–Crippen MR) is 279 cm³/mol. The Balaban J connectivity index is 4.49. The molecule has 0 saturated heterocycles. The Labute approximate surface area is 400 Å². The first-order valence-corrected chi connectivity index (χ1v) is 26.4. The lowest BCUT2D eigenvalue weighted by Gasteiger charge is -2.18. The largest absolute Gasteiger partial charge is 0.462 e. The zero-order valence-electron chi connectivity index (χ0n) is 42.0. The van der Waals surface area contributed by atoms with E-state index in [-0.39, 0.29) is 37.5 Å². The molecule has 65 heavy (non-hydrogen) atoms. The Morgan fingerprint density at radius 1 is 0.323 bits per heavy atom. The summed E-state index contributed by atoms with van der Waals surface area (Å²) in [6.07, 6.45) is 70.8. The molecule has 0 aliphatic rings. The van der Waals surface area contributed by atoms with E-state index in [1.165, 1.54) is 77.0 Å². The van der Waals surface area contributed by atoms with Crippen LogP contribution in [0.3, 0.4) is 0 Å². The van der Waals surface area contributed by atoms with Gasteiger partial charge >= 0.3 is 17.9 Å². The van der Waals surface area contributed by atoms with Crippen molar-refractivity contribution in [2.24, 2.45) is 0 Å². The average Bonchev–Trinajstić information content (AvgIpc) is 3.30. The highest BCUT2D eigenvalue weighted by atomic mass is 16.6. The Kier molecular flexibility index (Phi) is 49.5. The third-order valence-corrected chi connectivity index (χ3v) is 10.7. The first kappa shape index (κ1) is 61.1. The summed E-state index contributed by atoms with van der Waals surface area (Å²) in [5.41, 5.74) is 0. The van der Waals surface area contributed by atoms with Crippen LogP contribution in [0, 0.1) is 0 Å². The van der Waals surface area contributed by atoms with Gasteiger partial charge in [-0.05, 0) is 109 Å². The monoisotopic (exact) mass is 901 g/mol. The van der Waals surface area contributed by atoms with Gasteiger partial charge in [0.2, 0.25) is 0 Å². The molecule has 0 N–H and O–H groups in total. The molecular weight excluding hydrogens is 805 g/mol. The second-order valence-corrected chi connectivity index (χ2v) is 17.0. The highest BCUT2D eigenvalue weighted by Gasteiger charge is 2.19. The van der Waals surface area contributed by atoms with E-state index in [0.29, 0.717) is 19.3 Å². The van der Waals surface area contributed by atoms with E-state index in [1.54, 1.807) is 0 Å². The van der Waals surface area contributed by atoms with Gasteiger partial charge in [-0.3, -0.25) is 14.4 Å². The lowest BCUT2D eigenvalue weighted by atomic mass is 10.1. The van der Waals surface area contributed by atoms with Crippen LogP contribution in [-0.2, 0) is 28.6 Å². The Morgan fingerprint density at radius 2 is 0.646 bits per heavy atom. The first-order valence-electron chi connectivity index (χ1n) is 26.4. The van der Waals surface area contributed by atoms with Crippen molar-refractivity contribution >= 4 is 17.9 Å². The molecule has 0 amide bonds. The van der Waals surface area contributed by atoms with Crippen LogP contribution < -0.4 is 0 Å². The summed E-state index contributed by atoms with van der Waals surface area (Å²) in [5.74, 6) is -1.02. The number of allylic oxidation sites excluding steroid dienone is 18. The van der Waals surface area contributed by atoms with Gasteiger partial charge in [-0.15, -0.1) is 0 Å². The van der Waals surface area contributed by atoms with E-state index in [9.17, 15) is 14.4 Å². The van der Waals surface area contributed by atoms with Crippen LogP contribution in [0.2, 0.25) is 0 Å². The molecule has 0 spiro atoms. The minimum absolute atomic E-state index is 0.111. The lowest BCUT2D eigenvalue weighted by Crippen LogP contribution is -2.30. The molecule has 0 bridgehead atoms. The minimum atomic E-state index is -0.817. The third kappa shape index (κ3) is 50.9. The summed E-state index contributed by atoms with van der Waals surface area (Å²) < 4.78 is 16.7. The van der Waals surface area contributed by atoms with Gasteiger partial charge < -0.3 is 14.2 Å². The predicted octanol–water partition coefficient (Wildman–Crippen LogP) is 17.5. The molecule has 6 heteroatoms. The van der Waals surface area contributed by atoms with Crippen molar-refractivity contribution in [1.29, 1.82) is 0 Å². The number of hydrogen-bond acceptors (Lipinski definition) is 6. The quantitative estimate of drug-likeness (QED) is 0.0262. The molecule has 0 aliphatic carbocycles. The lowest BCUT2D eigenvalue weighted by molar-refractivity contribution is -0.166. The van der Waals surface area contributed by atoms with Crippen LogP contribution in [0.4, 0.5) is 0 Å². The first-order chi connectivity index (χ1) is 32.0. The van der Waals surface area contributed by atoms with Crippen molar-refractivity contribution in [2.45, 2.75) is 232 Å². The second-order valence-electron chi connectivity index (χ2n) is 17.0. The molecule has 0 saturated carbocycles. The van der Waals surface area contributed by atoms with Crippen molar-refractivity contribution in [3.05, 3.63) is 109 Å². The smallest absolute Gasteiger partial charge is 0.306 e. The summed E-state index contributed by atoms with van der Waals surface area (Å²) in [6.45, 7) is 6.37. The van der Waals surface area contributed by atoms with Gasteiger partial charge in [0.1, 0.15) is 13.2 Å². The topological polar surface area (TPSA) is 78.9 Å². The maximum absolute atomic E-state index is 12.8. The van der Waals surface area contributed by atoms with Crippen molar-refractivity contribution in [3.8, 4) is 0 Å². The standard InChI is InChI=1S/C59H96O6/c1-4-7-10-13-16-19-22-24-26-28-29-31-33-35-38-40-43-46-49-52-58(61)64-55-56(65-59(62)53-50-47-44-41-36-21-18-15-12-9-6-3)54-63-57(60)51-48-45-42-39-37-34-32-30-27-25-23-20-17-14-11-8-5-2/h7,10,15-20,24-27,29,31,35,38,43,46,56H,4-6,8-9,11-14,21-23,28,30,32-34,36-37,39-42,44-45,47-55H2,1-3H3/b10-7-,18-15-,19-16-,20-17-,26-24-,27-25-,31-29-,38-35-,46-43-/t56-/m0/s1.